The Bertz CT molecular complexity index is 734. The van der Waals surface area contributed by atoms with E-state index in [9.17, 15) is 10.1 Å². The number of hydrogen-bond acceptors (Lipinski definition) is 7. The minimum absolute atomic E-state index is 0.0949. The van der Waals surface area contributed by atoms with Crippen LogP contribution in [-0.4, -0.2) is 30.3 Å². The van der Waals surface area contributed by atoms with E-state index in [1.165, 1.54) is 32.6 Å². The van der Waals surface area contributed by atoms with E-state index < -0.39 is 4.92 Å². The first-order valence-electron chi connectivity index (χ1n) is 6.36. The smallest absolute Gasteiger partial charge is 0.287 e. The number of hydrazone groups is 1. The van der Waals surface area contributed by atoms with Gasteiger partial charge in [0.05, 0.1) is 30.4 Å². The predicted molar refractivity (Wildman–Crippen MR) is 86.7 cm³/mol. The summed E-state index contributed by atoms with van der Waals surface area (Å²) in [5.74, 6) is 1.40. The third-order valence-electron chi connectivity index (χ3n) is 2.84. The van der Waals surface area contributed by atoms with Crippen molar-refractivity contribution in [3.05, 3.63) is 51.2 Å². The first-order valence-corrected chi connectivity index (χ1v) is 6.74. The normalized spacial score (nSPS) is 10.6. The maximum atomic E-state index is 10.5. The molecular weight excluding hydrogens is 324 g/mol. The number of methoxy groups -OCH3 is 2. The quantitative estimate of drug-likeness (QED) is 0.494. The Labute approximate surface area is 136 Å². The zero-order valence-corrected chi connectivity index (χ0v) is 13.1. The van der Waals surface area contributed by atoms with Gasteiger partial charge in [-0.25, -0.2) is 4.98 Å². The van der Waals surface area contributed by atoms with Crippen LogP contribution in [0.25, 0.3) is 0 Å². The van der Waals surface area contributed by atoms with Crippen molar-refractivity contribution in [3.63, 3.8) is 0 Å². The highest BCUT2D eigenvalue weighted by molar-refractivity contribution is 6.33. The molecule has 8 nitrogen and oxygen atoms in total. The molecule has 1 aromatic heterocycles. The van der Waals surface area contributed by atoms with Crippen molar-refractivity contribution in [2.75, 3.05) is 19.6 Å². The van der Waals surface area contributed by atoms with Crippen LogP contribution >= 0.6 is 11.6 Å². The maximum Gasteiger partial charge on any atom is 0.287 e. The molecule has 0 spiro atoms. The van der Waals surface area contributed by atoms with Crippen molar-refractivity contribution in [2.24, 2.45) is 5.10 Å². The van der Waals surface area contributed by atoms with E-state index in [4.69, 9.17) is 21.1 Å². The van der Waals surface area contributed by atoms with Gasteiger partial charge >= 0.3 is 0 Å². The zero-order chi connectivity index (χ0) is 16.8. The second-order valence-electron chi connectivity index (χ2n) is 4.26. The molecule has 120 valence electrons. The van der Waals surface area contributed by atoms with Gasteiger partial charge in [-0.05, 0) is 12.1 Å². The molecule has 0 aliphatic heterocycles. The van der Waals surface area contributed by atoms with E-state index >= 15 is 0 Å². The molecule has 0 atom stereocenters. The average molecular weight is 337 g/mol. The molecule has 0 saturated heterocycles. The molecule has 1 N–H and O–H groups in total. The van der Waals surface area contributed by atoms with Crippen molar-refractivity contribution < 1.29 is 14.4 Å². The lowest BCUT2D eigenvalue weighted by atomic mass is 10.2. The van der Waals surface area contributed by atoms with Crippen LogP contribution in [0.2, 0.25) is 5.02 Å². The van der Waals surface area contributed by atoms with Gasteiger partial charge < -0.3 is 9.47 Å². The fourth-order valence-corrected chi connectivity index (χ4v) is 1.90. The van der Waals surface area contributed by atoms with Crippen LogP contribution in [0.4, 0.5) is 11.5 Å². The van der Waals surface area contributed by atoms with Gasteiger partial charge in [0.15, 0.2) is 11.5 Å². The molecule has 0 bridgehead atoms. The minimum Gasteiger partial charge on any atom is -0.493 e. The average Bonchev–Trinajstić information content (AvgIpc) is 2.56. The number of nitrogens with zero attached hydrogens (tertiary/aromatic N) is 3. The second kappa shape index (κ2) is 7.41. The zero-order valence-electron chi connectivity index (χ0n) is 12.3. The van der Waals surface area contributed by atoms with E-state index in [1.807, 2.05) is 0 Å². The molecule has 0 amide bonds. The molecule has 1 heterocycles. The molecular formula is C14H13ClN4O4. The van der Waals surface area contributed by atoms with E-state index in [0.717, 1.165) is 6.20 Å². The molecule has 0 radical (unpaired) electrons. The number of nitro groups is 1. The number of pyridine rings is 1. The second-order valence-corrected chi connectivity index (χ2v) is 4.66. The Morgan fingerprint density at radius 1 is 1.30 bits per heavy atom. The minimum atomic E-state index is -0.524. The van der Waals surface area contributed by atoms with Crippen LogP contribution in [-0.2, 0) is 0 Å². The number of benzene rings is 1. The summed E-state index contributed by atoms with van der Waals surface area (Å²) in [6.45, 7) is 0. The lowest BCUT2D eigenvalue weighted by molar-refractivity contribution is -0.385. The van der Waals surface area contributed by atoms with E-state index in [0.29, 0.717) is 27.9 Å². The number of aromatic nitrogens is 1. The van der Waals surface area contributed by atoms with Gasteiger partial charge in [-0.2, -0.15) is 5.10 Å². The Morgan fingerprint density at radius 3 is 2.57 bits per heavy atom. The van der Waals surface area contributed by atoms with Crippen LogP contribution in [0.15, 0.2) is 35.6 Å². The van der Waals surface area contributed by atoms with Crippen molar-refractivity contribution in [1.29, 1.82) is 0 Å². The van der Waals surface area contributed by atoms with Gasteiger partial charge in [0.1, 0.15) is 12.0 Å². The highest BCUT2D eigenvalue weighted by Crippen LogP contribution is 2.32. The Hall–Kier alpha value is -2.87. The van der Waals surface area contributed by atoms with E-state index in [-0.39, 0.29) is 5.69 Å². The van der Waals surface area contributed by atoms with Crippen molar-refractivity contribution in [3.8, 4) is 11.5 Å². The molecule has 2 aromatic rings. The van der Waals surface area contributed by atoms with Crippen LogP contribution in [0.1, 0.15) is 5.56 Å². The number of halogens is 1. The Morgan fingerprint density at radius 2 is 2.00 bits per heavy atom. The molecule has 23 heavy (non-hydrogen) atoms. The first kappa shape index (κ1) is 16.5. The van der Waals surface area contributed by atoms with Crippen LogP contribution < -0.4 is 14.9 Å². The van der Waals surface area contributed by atoms with Gasteiger partial charge in [0.2, 0.25) is 0 Å². The molecule has 9 heteroatoms. The van der Waals surface area contributed by atoms with E-state index in [2.05, 4.69) is 15.5 Å². The van der Waals surface area contributed by atoms with Gasteiger partial charge in [0.25, 0.3) is 5.69 Å². The monoisotopic (exact) mass is 336 g/mol. The summed E-state index contributed by atoms with van der Waals surface area (Å²) in [4.78, 5) is 13.9. The molecule has 0 aliphatic rings. The topological polar surface area (TPSA) is 98.9 Å². The number of ether oxygens (including phenoxy) is 2. The largest absolute Gasteiger partial charge is 0.493 e. The van der Waals surface area contributed by atoms with E-state index in [1.54, 1.807) is 12.1 Å². The lowest BCUT2D eigenvalue weighted by Crippen LogP contribution is -1.97. The highest BCUT2D eigenvalue weighted by atomic mass is 35.5. The third kappa shape index (κ3) is 4.07. The van der Waals surface area contributed by atoms with Crippen molar-refractivity contribution in [2.45, 2.75) is 0 Å². The van der Waals surface area contributed by atoms with Crippen molar-refractivity contribution >= 4 is 29.3 Å². The lowest BCUT2D eigenvalue weighted by Gasteiger charge is -2.09. The number of anilines is 1. The molecule has 0 saturated carbocycles. The van der Waals surface area contributed by atoms with Gasteiger partial charge in [0, 0.05) is 17.7 Å². The Kier molecular flexibility index (Phi) is 5.32. The van der Waals surface area contributed by atoms with Gasteiger partial charge in [-0.1, -0.05) is 11.6 Å². The summed E-state index contributed by atoms with van der Waals surface area (Å²) in [5, 5.41) is 15.0. The van der Waals surface area contributed by atoms with Crippen molar-refractivity contribution in [1.82, 2.24) is 4.98 Å². The first-order chi connectivity index (χ1) is 11.0. The summed E-state index contributed by atoms with van der Waals surface area (Å²) in [7, 11) is 3.04. The molecule has 1 aromatic carbocycles. The summed E-state index contributed by atoms with van der Waals surface area (Å²) in [6.07, 6.45) is 2.62. The predicted octanol–water partition coefficient (Wildman–Crippen LogP) is 3.11. The summed E-state index contributed by atoms with van der Waals surface area (Å²) in [6, 6.07) is 6.07. The fraction of sp³-hybridized carbons (Fsp3) is 0.143. The molecule has 2 rings (SSSR count). The Balaban J connectivity index is 2.12. The number of hydrogen-bond donors (Lipinski definition) is 1. The maximum absolute atomic E-state index is 10.5. The van der Waals surface area contributed by atoms with Crippen LogP contribution in [0.3, 0.4) is 0 Å². The number of rotatable bonds is 6. The standard InChI is InChI=1S/C14H13ClN4O4/c1-22-12-5-9(11(15)6-13(12)23-2)7-17-18-14-4-3-10(8-16-14)19(20)21/h3-8H,1-2H3,(H,16,18)/b17-7-. The van der Waals surface area contributed by atoms with Crippen LogP contribution in [0, 0.1) is 10.1 Å². The SMILES string of the molecule is COc1cc(Cl)c(/C=N\Nc2ccc([N+](=O)[O-])cn2)cc1OC. The summed E-state index contributed by atoms with van der Waals surface area (Å²) < 4.78 is 10.3. The number of nitrogens with one attached hydrogen (secondary N) is 1. The molecule has 0 aliphatic carbocycles. The molecule has 0 fully saturated rings. The van der Waals surface area contributed by atoms with Crippen LogP contribution in [0.5, 0.6) is 11.5 Å². The third-order valence-corrected chi connectivity index (χ3v) is 3.17. The highest BCUT2D eigenvalue weighted by Gasteiger charge is 2.08. The van der Waals surface area contributed by atoms with Gasteiger partial charge in [-0.3, -0.25) is 15.5 Å². The summed E-state index contributed by atoms with van der Waals surface area (Å²) in [5.41, 5.74) is 3.17. The molecule has 0 unspecified atom stereocenters. The van der Waals surface area contributed by atoms with Gasteiger partial charge in [-0.15, -0.1) is 0 Å². The summed E-state index contributed by atoms with van der Waals surface area (Å²) >= 11 is 6.13. The fourth-order valence-electron chi connectivity index (χ4n) is 1.70.